The predicted molar refractivity (Wildman–Crippen MR) is 114 cm³/mol. The number of hydrogen-bond donors (Lipinski definition) is 2. The number of nitrogens with two attached hydrogens (primary N) is 1. The number of aryl methyl sites for hydroxylation is 1. The number of hydrogen-bond acceptors (Lipinski definition) is 5. The molecule has 3 heterocycles. The van der Waals surface area contributed by atoms with Gasteiger partial charge in [0.1, 0.15) is 11.7 Å². The maximum absolute atomic E-state index is 13.2. The third kappa shape index (κ3) is 3.12. The van der Waals surface area contributed by atoms with Gasteiger partial charge in [0, 0.05) is 25.2 Å². The molecular weight excluding hydrogens is 382 g/mol. The second kappa shape index (κ2) is 7.33. The fourth-order valence-corrected chi connectivity index (χ4v) is 4.07. The van der Waals surface area contributed by atoms with Crippen molar-refractivity contribution in [2.24, 2.45) is 10.9 Å². The maximum atomic E-state index is 13.2. The number of fused-ring (bicyclic) bond motifs is 2. The van der Waals surface area contributed by atoms with Gasteiger partial charge in [-0.25, -0.2) is 9.78 Å². The number of pyridine rings is 1. The zero-order chi connectivity index (χ0) is 20.7. The lowest BCUT2D eigenvalue weighted by molar-refractivity contribution is 0.316. The first kappa shape index (κ1) is 18.4. The minimum Gasteiger partial charge on any atom is -0.409 e. The molecule has 3 N–H and O–H groups in total. The molecule has 9 nitrogen and oxygen atoms in total. The minimum absolute atomic E-state index is 0.0178. The van der Waals surface area contributed by atoms with Gasteiger partial charge >= 0.3 is 5.69 Å². The highest BCUT2D eigenvalue weighted by atomic mass is 16.4. The summed E-state index contributed by atoms with van der Waals surface area (Å²) in [6.07, 6.45) is 6.73. The Hall–Kier alpha value is -3.62. The van der Waals surface area contributed by atoms with Crippen LogP contribution in [-0.2, 0) is 13.1 Å². The molecule has 0 bridgehead atoms. The van der Waals surface area contributed by atoms with E-state index in [-0.39, 0.29) is 17.6 Å². The Morgan fingerprint density at radius 2 is 2.00 bits per heavy atom. The number of benzene rings is 1. The van der Waals surface area contributed by atoms with E-state index < -0.39 is 0 Å². The summed E-state index contributed by atoms with van der Waals surface area (Å²) >= 11 is 0. The average molecular weight is 405 g/mol. The van der Waals surface area contributed by atoms with Crippen molar-refractivity contribution in [1.29, 1.82) is 0 Å². The number of para-hydroxylation sites is 2. The molecule has 3 aromatic heterocycles. The first-order valence-electron chi connectivity index (χ1n) is 10.1. The molecule has 1 aromatic carbocycles. The molecule has 1 fully saturated rings. The molecule has 0 amide bonds. The summed E-state index contributed by atoms with van der Waals surface area (Å²) in [5, 5.41) is 11.8. The third-order valence-electron chi connectivity index (χ3n) is 5.65. The summed E-state index contributed by atoms with van der Waals surface area (Å²) in [4.78, 5) is 22.3. The molecule has 1 aliphatic carbocycles. The van der Waals surface area contributed by atoms with Gasteiger partial charge in [-0.05, 0) is 37.5 Å². The van der Waals surface area contributed by atoms with Crippen LogP contribution in [-0.4, -0.2) is 34.7 Å². The van der Waals surface area contributed by atoms with Crippen LogP contribution in [0.5, 0.6) is 0 Å². The van der Waals surface area contributed by atoms with Crippen LogP contribution in [0.1, 0.15) is 37.5 Å². The van der Waals surface area contributed by atoms with Crippen molar-refractivity contribution in [2.45, 2.75) is 44.8 Å². The van der Waals surface area contributed by atoms with Crippen LogP contribution >= 0.6 is 0 Å². The van der Waals surface area contributed by atoms with Crippen molar-refractivity contribution in [3.8, 4) is 0 Å². The van der Waals surface area contributed by atoms with Gasteiger partial charge in [0.05, 0.1) is 34.8 Å². The highest BCUT2D eigenvalue weighted by Gasteiger charge is 2.29. The number of oxime groups is 1. The first-order chi connectivity index (χ1) is 14.7. The molecule has 1 saturated carbocycles. The molecule has 5 rings (SSSR count). The van der Waals surface area contributed by atoms with Crippen molar-refractivity contribution in [3.05, 3.63) is 59.0 Å². The number of nitrogens with zero attached hydrogens (tertiary/aromatic N) is 6. The van der Waals surface area contributed by atoms with E-state index in [1.54, 1.807) is 17.0 Å². The first-order valence-corrected chi connectivity index (χ1v) is 10.1. The van der Waals surface area contributed by atoms with Crippen LogP contribution in [0.25, 0.3) is 22.1 Å². The summed E-state index contributed by atoms with van der Waals surface area (Å²) in [6.45, 7) is 1.01. The number of imidazole rings is 2. The van der Waals surface area contributed by atoms with E-state index in [9.17, 15) is 4.79 Å². The van der Waals surface area contributed by atoms with E-state index in [1.807, 2.05) is 34.9 Å². The maximum Gasteiger partial charge on any atom is 0.329 e. The Labute approximate surface area is 172 Å². The molecule has 154 valence electrons. The lowest BCUT2D eigenvalue weighted by atomic mass is 10.2. The number of aromatic nitrogens is 5. The Kier molecular flexibility index (Phi) is 4.50. The van der Waals surface area contributed by atoms with Crippen molar-refractivity contribution < 1.29 is 5.21 Å². The summed E-state index contributed by atoms with van der Waals surface area (Å²) in [5.74, 6) is 1.01. The van der Waals surface area contributed by atoms with Crippen LogP contribution in [0.3, 0.4) is 0 Å². The Morgan fingerprint density at radius 1 is 1.17 bits per heavy atom. The fraction of sp³-hybridized carbons (Fsp3) is 0.333. The highest BCUT2D eigenvalue weighted by molar-refractivity contribution is 5.79. The summed E-state index contributed by atoms with van der Waals surface area (Å²) in [5.41, 5.74) is 9.24. The second-order valence-corrected chi connectivity index (χ2v) is 7.70. The smallest absolute Gasteiger partial charge is 0.329 e. The summed E-state index contributed by atoms with van der Waals surface area (Å²) in [7, 11) is 0. The normalized spacial score (nSPS) is 14.7. The Morgan fingerprint density at radius 3 is 2.80 bits per heavy atom. The molecular formula is C21H23N7O2. The van der Waals surface area contributed by atoms with Crippen molar-refractivity contribution in [1.82, 2.24) is 23.7 Å². The van der Waals surface area contributed by atoms with Crippen molar-refractivity contribution >= 4 is 27.9 Å². The molecule has 0 radical (unpaired) electrons. The lowest BCUT2D eigenvalue weighted by Gasteiger charge is -2.10. The Balaban J connectivity index is 1.57. The molecule has 0 aliphatic heterocycles. The highest BCUT2D eigenvalue weighted by Crippen LogP contribution is 2.36. The molecule has 0 atom stereocenters. The number of rotatable bonds is 7. The van der Waals surface area contributed by atoms with Gasteiger partial charge in [-0.15, -0.1) is 0 Å². The van der Waals surface area contributed by atoms with E-state index in [1.165, 1.54) is 0 Å². The second-order valence-electron chi connectivity index (χ2n) is 7.70. The van der Waals surface area contributed by atoms with Crippen molar-refractivity contribution in [3.63, 3.8) is 0 Å². The molecule has 30 heavy (non-hydrogen) atoms. The van der Waals surface area contributed by atoms with E-state index in [4.69, 9.17) is 15.9 Å². The third-order valence-corrected chi connectivity index (χ3v) is 5.65. The molecule has 4 aromatic rings. The van der Waals surface area contributed by atoms with Gasteiger partial charge in [0.25, 0.3) is 0 Å². The van der Waals surface area contributed by atoms with Gasteiger partial charge in [-0.3, -0.25) is 14.1 Å². The van der Waals surface area contributed by atoms with Gasteiger partial charge in [-0.1, -0.05) is 17.3 Å². The van der Waals surface area contributed by atoms with Crippen molar-refractivity contribution in [2.75, 3.05) is 0 Å². The molecule has 9 heteroatoms. The minimum atomic E-state index is -0.0178. The number of amidine groups is 1. The molecule has 1 aliphatic rings. The standard InChI is InChI=1S/C21H23N7O2/c22-19(25-30)6-3-11-26-16-5-2-1-4-15(16)24-20(26)13-27-18-12-23-10-9-17(18)28(21(27)29)14-7-8-14/h1-2,4-5,9-10,12,14,30H,3,6-8,11,13H2,(H2,22,25). The van der Waals surface area contributed by atoms with E-state index in [2.05, 4.69) is 14.7 Å². The largest absolute Gasteiger partial charge is 0.409 e. The lowest BCUT2D eigenvalue weighted by Crippen LogP contribution is -2.25. The summed E-state index contributed by atoms with van der Waals surface area (Å²) < 4.78 is 5.77. The SMILES string of the molecule is N/C(CCCn1c(Cn2c(=O)n(C3CC3)c3ccncc32)nc2ccccc21)=N\O. The van der Waals surface area contributed by atoms with Crippen LogP contribution in [0.2, 0.25) is 0 Å². The van der Waals surface area contributed by atoms with Gasteiger partial charge in [0.2, 0.25) is 0 Å². The van der Waals surface area contributed by atoms with Gasteiger partial charge in [-0.2, -0.15) is 0 Å². The quantitative estimate of drug-likeness (QED) is 0.212. The van der Waals surface area contributed by atoms with Crippen LogP contribution in [0.4, 0.5) is 0 Å². The van der Waals surface area contributed by atoms with E-state index in [0.717, 1.165) is 40.7 Å². The van der Waals surface area contributed by atoms with Crippen LogP contribution < -0.4 is 11.4 Å². The average Bonchev–Trinajstić information content (AvgIpc) is 3.48. The topological polar surface area (TPSA) is 116 Å². The van der Waals surface area contributed by atoms with Crippen LogP contribution in [0, 0.1) is 0 Å². The monoisotopic (exact) mass is 405 g/mol. The fourth-order valence-electron chi connectivity index (χ4n) is 4.07. The van der Waals surface area contributed by atoms with Gasteiger partial charge in [0.15, 0.2) is 0 Å². The van der Waals surface area contributed by atoms with Gasteiger partial charge < -0.3 is 15.5 Å². The summed E-state index contributed by atoms with van der Waals surface area (Å²) in [6, 6.07) is 10.1. The van der Waals surface area contributed by atoms with E-state index >= 15 is 0 Å². The molecule has 0 saturated heterocycles. The van der Waals surface area contributed by atoms with Crippen LogP contribution in [0.15, 0.2) is 52.7 Å². The zero-order valence-corrected chi connectivity index (χ0v) is 16.5. The predicted octanol–water partition coefficient (Wildman–Crippen LogP) is 2.46. The van der Waals surface area contributed by atoms with E-state index in [0.29, 0.717) is 25.9 Å². The molecule has 0 spiro atoms. The molecule has 0 unspecified atom stereocenters. The Bertz CT molecular complexity index is 1310. The zero-order valence-electron chi connectivity index (χ0n) is 16.5.